The van der Waals surface area contributed by atoms with Gasteiger partial charge in [-0.2, -0.15) is 0 Å². The van der Waals surface area contributed by atoms with Gasteiger partial charge in [0.05, 0.1) is 11.9 Å². The molecule has 0 N–H and O–H groups in total. The maximum absolute atomic E-state index is 13.9. The van der Waals surface area contributed by atoms with Gasteiger partial charge in [-0.05, 0) is 62.4 Å². The second-order valence-corrected chi connectivity index (χ2v) is 10.2. The molecule has 0 aromatic heterocycles. The molecule has 0 saturated carbocycles. The van der Waals surface area contributed by atoms with Gasteiger partial charge in [0.1, 0.15) is 11.6 Å². The number of allylic oxidation sites excluding steroid dienone is 2. The van der Waals surface area contributed by atoms with E-state index in [1.807, 2.05) is 0 Å². The van der Waals surface area contributed by atoms with E-state index in [1.165, 1.54) is 51.2 Å². The van der Waals surface area contributed by atoms with E-state index in [0.29, 0.717) is 11.2 Å². The van der Waals surface area contributed by atoms with Crippen LogP contribution in [0.1, 0.15) is 71.8 Å². The van der Waals surface area contributed by atoms with Gasteiger partial charge in [-0.1, -0.05) is 47.6 Å². The molecule has 2 aliphatic rings. The Morgan fingerprint density at radius 2 is 1.91 bits per heavy atom. The van der Waals surface area contributed by atoms with Crippen LogP contribution in [0.3, 0.4) is 0 Å². The topological polar surface area (TPSA) is 28.1 Å². The van der Waals surface area contributed by atoms with Gasteiger partial charge in [0.2, 0.25) is 0 Å². The molecule has 33 heavy (non-hydrogen) atoms. The molecule has 0 bridgehead atoms. The average Bonchev–Trinajstić information content (AvgIpc) is 2.78. The van der Waals surface area contributed by atoms with E-state index in [1.54, 1.807) is 18.3 Å². The summed E-state index contributed by atoms with van der Waals surface area (Å²) in [6.45, 7) is 20.4. The molecule has 1 atom stereocenters. The molecular weight excluding hydrogens is 413 g/mol. The number of aliphatic imine (C=N–C) groups is 1. The van der Waals surface area contributed by atoms with Crippen LogP contribution in [0.25, 0.3) is 0 Å². The quantitative estimate of drug-likeness (QED) is 0.294. The predicted octanol–water partition coefficient (Wildman–Crippen LogP) is 6.61. The molecule has 0 amide bonds. The number of hydrogen-bond donors (Lipinski definition) is 0. The van der Waals surface area contributed by atoms with Crippen LogP contribution in [0.2, 0.25) is 0 Å². The van der Waals surface area contributed by atoms with Crippen LogP contribution < -0.4 is 4.74 Å². The third-order valence-electron chi connectivity index (χ3n) is 7.35. The lowest BCUT2D eigenvalue weighted by Gasteiger charge is -2.56. The fourth-order valence-corrected chi connectivity index (χ4v) is 5.07. The van der Waals surface area contributed by atoms with Crippen molar-refractivity contribution in [2.24, 2.45) is 16.3 Å². The SMILES string of the molecule is C=CN=C/C(Oc1ccc(F)cc1C(C)C)=C(\CC)N1CC2(CCN(CC(C)CC)CC2)C1. The van der Waals surface area contributed by atoms with Crippen molar-refractivity contribution in [3.05, 3.63) is 53.8 Å². The zero-order valence-electron chi connectivity index (χ0n) is 21.2. The summed E-state index contributed by atoms with van der Waals surface area (Å²) in [5, 5.41) is 0. The van der Waals surface area contributed by atoms with Crippen molar-refractivity contribution in [1.82, 2.24) is 9.80 Å². The Bertz CT molecular complexity index is 860. The second kappa shape index (κ2) is 11.3. The summed E-state index contributed by atoms with van der Waals surface area (Å²) in [5.41, 5.74) is 2.45. The van der Waals surface area contributed by atoms with E-state index >= 15 is 0 Å². The van der Waals surface area contributed by atoms with E-state index < -0.39 is 0 Å². The van der Waals surface area contributed by atoms with E-state index in [9.17, 15) is 4.39 Å². The van der Waals surface area contributed by atoms with Gasteiger partial charge in [0.25, 0.3) is 0 Å². The molecule has 2 saturated heterocycles. The molecule has 2 heterocycles. The molecule has 1 aromatic rings. The smallest absolute Gasteiger partial charge is 0.164 e. The molecule has 0 aliphatic carbocycles. The van der Waals surface area contributed by atoms with Crippen LogP contribution in [-0.2, 0) is 0 Å². The second-order valence-electron chi connectivity index (χ2n) is 10.2. The number of halogens is 1. The van der Waals surface area contributed by atoms with E-state index in [0.717, 1.165) is 42.4 Å². The lowest BCUT2D eigenvalue weighted by atomic mass is 9.71. The van der Waals surface area contributed by atoms with Crippen LogP contribution in [0, 0.1) is 17.2 Å². The first-order valence-electron chi connectivity index (χ1n) is 12.6. The predicted molar refractivity (Wildman–Crippen MR) is 136 cm³/mol. The number of nitrogens with zero attached hydrogens (tertiary/aromatic N) is 3. The molecule has 2 aliphatic heterocycles. The van der Waals surface area contributed by atoms with Crippen molar-refractivity contribution >= 4 is 6.21 Å². The monoisotopic (exact) mass is 455 g/mol. The number of rotatable bonds is 10. The lowest BCUT2D eigenvalue weighted by molar-refractivity contribution is -0.0318. The van der Waals surface area contributed by atoms with Crippen molar-refractivity contribution in [2.75, 3.05) is 32.7 Å². The number of likely N-dealkylation sites (tertiary alicyclic amines) is 2. The zero-order chi connectivity index (χ0) is 24.0. The van der Waals surface area contributed by atoms with Gasteiger partial charge in [0.15, 0.2) is 5.76 Å². The minimum absolute atomic E-state index is 0.159. The highest BCUT2D eigenvalue weighted by Gasteiger charge is 2.45. The molecule has 0 radical (unpaired) electrons. The van der Waals surface area contributed by atoms with Gasteiger partial charge >= 0.3 is 0 Å². The van der Waals surface area contributed by atoms with Crippen LogP contribution >= 0.6 is 0 Å². The molecule has 5 heteroatoms. The van der Waals surface area contributed by atoms with Crippen LogP contribution in [0.4, 0.5) is 4.39 Å². The van der Waals surface area contributed by atoms with Crippen molar-refractivity contribution in [3.8, 4) is 5.75 Å². The van der Waals surface area contributed by atoms with Crippen molar-refractivity contribution < 1.29 is 9.13 Å². The van der Waals surface area contributed by atoms with Crippen LogP contribution in [0.15, 0.2) is 47.4 Å². The molecule has 3 rings (SSSR count). The van der Waals surface area contributed by atoms with Gasteiger partial charge in [-0.25, -0.2) is 4.39 Å². The maximum Gasteiger partial charge on any atom is 0.164 e. The highest BCUT2D eigenvalue weighted by molar-refractivity contribution is 5.78. The van der Waals surface area contributed by atoms with Crippen molar-refractivity contribution in [3.63, 3.8) is 0 Å². The minimum atomic E-state index is -0.239. The summed E-state index contributed by atoms with van der Waals surface area (Å²) in [6.07, 6.45) is 7.91. The Kier molecular flexibility index (Phi) is 8.75. The van der Waals surface area contributed by atoms with Crippen LogP contribution in [0.5, 0.6) is 5.75 Å². The summed E-state index contributed by atoms with van der Waals surface area (Å²) < 4.78 is 20.3. The number of piperidine rings is 1. The Morgan fingerprint density at radius 3 is 2.48 bits per heavy atom. The summed E-state index contributed by atoms with van der Waals surface area (Å²) in [5.74, 6) is 2.12. The van der Waals surface area contributed by atoms with Gasteiger partial charge < -0.3 is 14.5 Å². The average molecular weight is 456 g/mol. The normalized spacial score (nSPS) is 20.2. The van der Waals surface area contributed by atoms with E-state index in [-0.39, 0.29) is 11.7 Å². The first kappa shape index (κ1) is 25.5. The highest BCUT2D eigenvalue weighted by atomic mass is 19.1. The standard InChI is InChI=1S/C28H42FN3O/c1-7-22(6)18-31-14-12-28(13-15-31)19-32(20-28)25(8-2)27(17-30-9-3)33-26-11-10-23(29)16-24(26)21(4)5/h9-11,16-17,21-22H,3,7-8,12-15,18-20H2,1-2,4-6H3/b27-25-,30-17?. The molecular formula is C28H42FN3O. The largest absolute Gasteiger partial charge is 0.454 e. The molecule has 1 aromatic carbocycles. The Balaban J connectivity index is 1.75. The first-order chi connectivity index (χ1) is 15.8. The molecule has 1 unspecified atom stereocenters. The maximum atomic E-state index is 13.9. The lowest BCUT2D eigenvalue weighted by Crippen LogP contribution is -2.60. The molecule has 4 nitrogen and oxygen atoms in total. The van der Waals surface area contributed by atoms with Gasteiger partial charge in [-0.15, -0.1) is 0 Å². The Hall–Kier alpha value is -2.14. The highest BCUT2D eigenvalue weighted by Crippen LogP contribution is 2.43. The summed E-state index contributed by atoms with van der Waals surface area (Å²) >= 11 is 0. The minimum Gasteiger partial charge on any atom is -0.454 e. The first-order valence-corrected chi connectivity index (χ1v) is 12.6. The van der Waals surface area contributed by atoms with Crippen molar-refractivity contribution in [2.45, 2.75) is 66.2 Å². The van der Waals surface area contributed by atoms with Crippen molar-refractivity contribution in [1.29, 1.82) is 0 Å². The zero-order valence-corrected chi connectivity index (χ0v) is 21.2. The molecule has 2 fully saturated rings. The summed E-state index contributed by atoms with van der Waals surface area (Å²) in [7, 11) is 0. The van der Waals surface area contributed by atoms with Crippen LogP contribution in [-0.4, -0.2) is 48.7 Å². The Labute approximate surface area is 200 Å². The number of ether oxygens (including phenoxy) is 1. The van der Waals surface area contributed by atoms with E-state index in [4.69, 9.17) is 4.74 Å². The third-order valence-corrected chi connectivity index (χ3v) is 7.35. The fourth-order valence-electron chi connectivity index (χ4n) is 5.07. The summed E-state index contributed by atoms with van der Waals surface area (Å²) in [6, 6.07) is 4.75. The third kappa shape index (κ3) is 6.26. The van der Waals surface area contributed by atoms with Gasteiger partial charge in [-0.3, -0.25) is 4.99 Å². The fraction of sp³-hybridized carbons (Fsp3) is 0.607. The molecule has 1 spiro atoms. The summed E-state index contributed by atoms with van der Waals surface area (Å²) in [4.78, 5) is 9.36. The number of benzene rings is 1. The number of hydrogen-bond acceptors (Lipinski definition) is 4. The van der Waals surface area contributed by atoms with E-state index in [2.05, 4.69) is 56.0 Å². The Morgan fingerprint density at radius 1 is 1.21 bits per heavy atom. The molecule has 182 valence electrons. The van der Waals surface area contributed by atoms with Gasteiger partial charge in [0, 0.05) is 36.8 Å².